The fourth-order valence-corrected chi connectivity index (χ4v) is 7.76. The van der Waals surface area contributed by atoms with Crippen molar-refractivity contribution in [2.24, 2.45) is 0 Å². The van der Waals surface area contributed by atoms with E-state index in [-0.39, 0.29) is 0 Å². The van der Waals surface area contributed by atoms with Gasteiger partial charge in [0.2, 0.25) is 0 Å². The van der Waals surface area contributed by atoms with Crippen LogP contribution in [0.5, 0.6) is 0 Å². The maximum Gasteiger partial charge on any atom is 0.164 e. The molecule has 0 fully saturated rings. The van der Waals surface area contributed by atoms with Gasteiger partial charge in [0.05, 0.1) is 11.0 Å². The van der Waals surface area contributed by atoms with Crippen molar-refractivity contribution < 1.29 is 0 Å². The van der Waals surface area contributed by atoms with Gasteiger partial charge < -0.3 is 4.57 Å². The van der Waals surface area contributed by atoms with Crippen LogP contribution in [-0.2, 0) is 0 Å². The molecule has 55 heavy (non-hydrogen) atoms. The zero-order valence-corrected chi connectivity index (χ0v) is 30.1. The third-order valence-electron chi connectivity index (χ3n) is 10.6. The zero-order valence-electron chi connectivity index (χ0n) is 30.1. The lowest BCUT2D eigenvalue weighted by Crippen LogP contribution is -2.00. The first-order chi connectivity index (χ1) is 27.2. The van der Waals surface area contributed by atoms with E-state index in [2.05, 4.69) is 144 Å². The topological polar surface area (TPSA) is 43.6 Å². The van der Waals surface area contributed by atoms with Gasteiger partial charge >= 0.3 is 0 Å². The summed E-state index contributed by atoms with van der Waals surface area (Å²) in [5.41, 5.74) is 12.6. The van der Waals surface area contributed by atoms with Crippen LogP contribution >= 0.6 is 0 Å². The first-order valence-corrected chi connectivity index (χ1v) is 18.8. The molecule has 0 spiro atoms. The molecule has 7 aromatic carbocycles. The standard InChI is InChI=1S/C51H36N4/c1-4-12-35(13-5-1)36-20-22-39(23-21-36)43-30-33-46-45-18-10-11-19-47(45)55(48(46)34-43)44-31-28-38(29-32-44)37-24-26-42(27-25-37)51-53-49(40-14-6-2-7-15-40)52-50(54-51)41-16-8-3-9-17-41/h1-22,24-34,39H,23H2. The predicted molar refractivity (Wildman–Crippen MR) is 227 cm³/mol. The number of benzene rings is 7. The van der Waals surface area contributed by atoms with Crippen molar-refractivity contribution in [1.29, 1.82) is 0 Å². The summed E-state index contributed by atoms with van der Waals surface area (Å²) < 4.78 is 2.41. The molecule has 1 atom stereocenters. The van der Waals surface area contributed by atoms with E-state index >= 15 is 0 Å². The summed E-state index contributed by atoms with van der Waals surface area (Å²) in [4.78, 5) is 14.7. The van der Waals surface area contributed by atoms with Gasteiger partial charge in [-0.25, -0.2) is 15.0 Å². The molecule has 2 heterocycles. The Balaban J connectivity index is 0.962. The molecule has 0 saturated heterocycles. The second-order valence-corrected chi connectivity index (χ2v) is 14.0. The van der Waals surface area contributed by atoms with Crippen LogP contribution in [0.4, 0.5) is 0 Å². The van der Waals surface area contributed by atoms with Gasteiger partial charge in [0.1, 0.15) is 0 Å². The summed E-state index contributed by atoms with van der Waals surface area (Å²) in [5.74, 6) is 2.30. The molecule has 0 amide bonds. The van der Waals surface area contributed by atoms with Gasteiger partial charge in [-0.15, -0.1) is 0 Å². The minimum atomic E-state index is 0.334. The number of hydrogen-bond donors (Lipinski definition) is 0. The Morgan fingerprint density at radius 3 is 1.49 bits per heavy atom. The lowest BCUT2D eigenvalue weighted by molar-refractivity contribution is 0.857. The molecule has 0 saturated carbocycles. The quantitative estimate of drug-likeness (QED) is 0.166. The van der Waals surface area contributed by atoms with Crippen LogP contribution in [0.15, 0.2) is 200 Å². The van der Waals surface area contributed by atoms with E-state index in [4.69, 9.17) is 15.0 Å². The summed E-state index contributed by atoms with van der Waals surface area (Å²) in [6, 6.07) is 64.0. The van der Waals surface area contributed by atoms with Crippen LogP contribution in [0.3, 0.4) is 0 Å². The largest absolute Gasteiger partial charge is 0.309 e. The smallest absolute Gasteiger partial charge is 0.164 e. The van der Waals surface area contributed by atoms with E-state index in [1.54, 1.807) is 0 Å². The molecule has 2 aromatic heterocycles. The molecule has 1 aliphatic rings. The van der Waals surface area contributed by atoms with Crippen molar-refractivity contribution in [3.8, 4) is 51.0 Å². The van der Waals surface area contributed by atoms with Crippen molar-refractivity contribution >= 4 is 27.4 Å². The minimum absolute atomic E-state index is 0.334. The number of hydrogen-bond acceptors (Lipinski definition) is 3. The van der Waals surface area contributed by atoms with Crippen molar-refractivity contribution in [3.05, 3.63) is 211 Å². The van der Waals surface area contributed by atoms with Gasteiger partial charge in [-0.05, 0) is 58.5 Å². The molecule has 1 aliphatic carbocycles. The number of rotatable bonds is 7. The number of fused-ring (bicyclic) bond motifs is 3. The summed E-state index contributed by atoms with van der Waals surface area (Å²) in [6.45, 7) is 0. The van der Waals surface area contributed by atoms with E-state index in [0.717, 1.165) is 39.9 Å². The summed E-state index contributed by atoms with van der Waals surface area (Å²) in [6.07, 6.45) is 8.00. The number of para-hydroxylation sites is 1. The van der Waals surface area contributed by atoms with Gasteiger partial charge in [-0.1, -0.05) is 176 Å². The first-order valence-electron chi connectivity index (χ1n) is 18.8. The maximum atomic E-state index is 4.91. The predicted octanol–water partition coefficient (Wildman–Crippen LogP) is 12.8. The maximum absolute atomic E-state index is 4.91. The molecule has 0 N–H and O–H groups in total. The van der Waals surface area contributed by atoms with Crippen molar-refractivity contribution in [2.45, 2.75) is 12.3 Å². The molecule has 9 aromatic rings. The molecular weight excluding hydrogens is 669 g/mol. The zero-order chi connectivity index (χ0) is 36.6. The summed E-state index contributed by atoms with van der Waals surface area (Å²) >= 11 is 0. The van der Waals surface area contributed by atoms with E-state index < -0.39 is 0 Å². The number of allylic oxidation sites excluding steroid dienone is 4. The fourth-order valence-electron chi connectivity index (χ4n) is 7.76. The van der Waals surface area contributed by atoms with Crippen molar-refractivity contribution in [2.75, 3.05) is 0 Å². The average Bonchev–Trinajstić information content (AvgIpc) is 3.61. The molecule has 4 nitrogen and oxygen atoms in total. The van der Waals surface area contributed by atoms with Crippen molar-refractivity contribution in [1.82, 2.24) is 19.5 Å². The van der Waals surface area contributed by atoms with E-state index in [1.165, 1.54) is 38.5 Å². The number of aromatic nitrogens is 4. The highest BCUT2D eigenvalue weighted by molar-refractivity contribution is 6.09. The Hall–Kier alpha value is -7.17. The molecule has 0 radical (unpaired) electrons. The lowest BCUT2D eigenvalue weighted by Gasteiger charge is -2.18. The van der Waals surface area contributed by atoms with Crippen LogP contribution in [0.1, 0.15) is 23.5 Å². The highest BCUT2D eigenvalue weighted by Crippen LogP contribution is 2.37. The first kappa shape index (κ1) is 32.5. The highest BCUT2D eigenvalue weighted by atomic mass is 15.0. The Bertz CT molecular complexity index is 2800. The summed E-state index contributed by atoms with van der Waals surface area (Å²) in [7, 11) is 0. The van der Waals surface area contributed by atoms with Gasteiger partial charge in [0, 0.05) is 39.1 Å². The van der Waals surface area contributed by atoms with Gasteiger partial charge in [0.15, 0.2) is 17.5 Å². The van der Waals surface area contributed by atoms with Gasteiger partial charge in [0.25, 0.3) is 0 Å². The van der Waals surface area contributed by atoms with Crippen LogP contribution in [0.25, 0.3) is 78.4 Å². The average molecular weight is 705 g/mol. The Morgan fingerprint density at radius 1 is 0.418 bits per heavy atom. The summed E-state index contributed by atoms with van der Waals surface area (Å²) in [5, 5.41) is 2.53. The van der Waals surface area contributed by atoms with Gasteiger partial charge in [-0.3, -0.25) is 0 Å². The third-order valence-corrected chi connectivity index (χ3v) is 10.6. The van der Waals surface area contributed by atoms with Crippen LogP contribution < -0.4 is 0 Å². The Morgan fingerprint density at radius 2 is 0.909 bits per heavy atom. The molecule has 260 valence electrons. The van der Waals surface area contributed by atoms with Crippen molar-refractivity contribution in [3.63, 3.8) is 0 Å². The van der Waals surface area contributed by atoms with Crippen LogP contribution in [-0.4, -0.2) is 19.5 Å². The van der Waals surface area contributed by atoms with Gasteiger partial charge in [-0.2, -0.15) is 0 Å². The SMILES string of the molecule is C1=CC(c2ccc3c4ccccc4n(-c4ccc(-c5ccc(-c6nc(-c7ccccc7)nc(-c7ccccc7)n6)cc5)cc4)c3c2)CC=C1c1ccccc1. The van der Waals surface area contributed by atoms with Crippen LogP contribution in [0, 0.1) is 0 Å². The fraction of sp³-hybridized carbons (Fsp3) is 0.0392. The monoisotopic (exact) mass is 704 g/mol. The molecule has 4 heteroatoms. The molecule has 0 bridgehead atoms. The lowest BCUT2D eigenvalue weighted by atomic mass is 9.88. The molecule has 1 unspecified atom stereocenters. The minimum Gasteiger partial charge on any atom is -0.309 e. The highest BCUT2D eigenvalue weighted by Gasteiger charge is 2.18. The second-order valence-electron chi connectivity index (χ2n) is 14.0. The van der Waals surface area contributed by atoms with Crippen LogP contribution in [0.2, 0.25) is 0 Å². The Kier molecular flexibility index (Phi) is 8.27. The number of nitrogens with zero attached hydrogens (tertiary/aromatic N) is 4. The van der Waals surface area contributed by atoms with E-state index in [0.29, 0.717) is 23.4 Å². The van der Waals surface area contributed by atoms with E-state index in [1.807, 2.05) is 60.7 Å². The molecule has 0 aliphatic heterocycles. The molecular formula is C51H36N4. The third kappa shape index (κ3) is 6.24. The molecule has 10 rings (SSSR count). The Labute approximate surface area is 320 Å². The normalized spacial score (nSPS) is 14.0. The second kappa shape index (κ2) is 14.0. The van der Waals surface area contributed by atoms with E-state index in [9.17, 15) is 0 Å².